The first-order valence-corrected chi connectivity index (χ1v) is 9.71. The molecule has 1 aromatic carbocycles. The molecule has 3 N–H and O–H groups in total. The van der Waals surface area contributed by atoms with Gasteiger partial charge in [-0.1, -0.05) is 17.4 Å². The summed E-state index contributed by atoms with van der Waals surface area (Å²) in [7, 11) is 0. The minimum atomic E-state index is 0.191. The minimum Gasteiger partial charge on any atom is -0.508 e. The fourth-order valence-electron chi connectivity index (χ4n) is 2.97. The molecule has 140 valence electrons. The van der Waals surface area contributed by atoms with Crippen molar-refractivity contribution in [2.24, 2.45) is 0 Å². The zero-order chi connectivity index (χ0) is 18.6. The van der Waals surface area contributed by atoms with Crippen LogP contribution in [0.15, 0.2) is 36.5 Å². The summed E-state index contributed by atoms with van der Waals surface area (Å²) in [6.45, 7) is 3.61. The van der Waals surface area contributed by atoms with Crippen molar-refractivity contribution in [3.8, 4) is 16.3 Å². The number of nitrogens with zero attached hydrogens (tertiary/aromatic N) is 3. The van der Waals surface area contributed by atoms with Gasteiger partial charge in [0.25, 0.3) is 0 Å². The van der Waals surface area contributed by atoms with Gasteiger partial charge in [0.15, 0.2) is 5.13 Å². The molecule has 0 spiro atoms. The maximum atomic E-state index is 9.59. The third kappa shape index (κ3) is 4.35. The standard InChI is InChI=1S/C19H21N5O2S/c1-12-17(27-19(22-12)21-11-15-6-3-9-26-15)16-7-8-20-18(24-16)23-13-4-2-5-14(25)10-13/h2,4-5,7-8,10,15,25H,3,6,9,11H2,1H3,(H,21,22)(H,20,23,24). The lowest BCUT2D eigenvalue weighted by Gasteiger charge is -2.09. The Morgan fingerprint density at radius 2 is 2.22 bits per heavy atom. The van der Waals surface area contributed by atoms with Crippen LogP contribution < -0.4 is 10.6 Å². The molecule has 1 atom stereocenters. The van der Waals surface area contributed by atoms with E-state index in [2.05, 4.69) is 25.6 Å². The molecule has 1 fully saturated rings. The van der Waals surface area contributed by atoms with Gasteiger partial charge in [-0.2, -0.15) is 0 Å². The highest BCUT2D eigenvalue weighted by atomic mass is 32.1. The maximum Gasteiger partial charge on any atom is 0.227 e. The van der Waals surface area contributed by atoms with E-state index >= 15 is 0 Å². The van der Waals surface area contributed by atoms with Crippen LogP contribution in [0.1, 0.15) is 18.5 Å². The van der Waals surface area contributed by atoms with Crippen molar-refractivity contribution < 1.29 is 9.84 Å². The van der Waals surface area contributed by atoms with Gasteiger partial charge in [0, 0.05) is 31.1 Å². The van der Waals surface area contributed by atoms with Gasteiger partial charge >= 0.3 is 0 Å². The summed E-state index contributed by atoms with van der Waals surface area (Å²) < 4.78 is 5.64. The second kappa shape index (κ2) is 7.89. The van der Waals surface area contributed by atoms with E-state index in [1.165, 1.54) is 0 Å². The molecule has 0 aliphatic carbocycles. The van der Waals surface area contributed by atoms with Gasteiger partial charge in [-0.15, -0.1) is 0 Å². The molecule has 1 unspecified atom stereocenters. The molecule has 0 radical (unpaired) electrons. The lowest BCUT2D eigenvalue weighted by Crippen LogP contribution is -2.18. The Morgan fingerprint density at radius 3 is 3.04 bits per heavy atom. The molecule has 8 heteroatoms. The molecule has 27 heavy (non-hydrogen) atoms. The quantitative estimate of drug-likeness (QED) is 0.593. The molecule has 1 saturated heterocycles. The molecular weight excluding hydrogens is 362 g/mol. The monoisotopic (exact) mass is 383 g/mol. The number of rotatable bonds is 6. The lowest BCUT2D eigenvalue weighted by molar-refractivity contribution is 0.120. The van der Waals surface area contributed by atoms with E-state index in [0.29, 0.717) is 5.95 Å². The van der Waals surface area contributed by atoms with Crippen molar-refractivity contribution >= 4 is 28.1 Å². The Hall–Kier alpha value is -2.71. The van der Waals surface area contributed by atoms with Gasteiger partial charge in [0.1, 0.15) is 5.75 Å². The number of nitrogens with one attached hydrogen (secondary N) is 2. The van der Waals surface area contributed by atoms with Crippen LogP contribution >= 0.6 is 11.3 Å². The molecular formula is C19H21N5O2S. The highest BCUT2D eigenvalue weighted by Gasteiger charge is 2.17. The Labute approximate surface area is 161 Å². The Kier molecular flexibility index (Phi) is 5.17. The summed E-state index contributed by atoms with van der Waals surface area (Å²) in [6, 6.07) is 8.73. The van der Waals surface area contributed by atoms with Crippen molar-refractivity contribution in [3.63, 3.8) is 0 Å². The third-order valence-corrected chi connectivity index (χ3v) is 5.43. The summed E-state index contributed by atoms with van der Waals surface area (Å²) in [5.74, 6) is 0.663. The van der Waals surface area contributed by atoms with Gasteiger partial charge in [-0.25, -0.2) is 15.0 Å². The maximum absolute atomic E-state index is 9.59. The molecule has 0 amide bonds. The Bertz CT molecular complexity index is 924. The molecule has 4 rings (SSSR count). The van der Waals surface area contributed by atoms with Crippen LogP contribution in [0, 0.1) is 6.92 Å². The van der Waals surface area contributed by atoms with E-state index in [0.717, 1.165) is 53.1 Å². The van der Waals surface area contributed by atoms with Crippen LogP contribution in [0.2, 0.25) is 0 Å². The Morgan fingerprint density at radius 1 is 1.30 bits per heavy atom. The van der Waals surface area contributed by atoms with Crippen molar-refractivity contribution in [1.82, 2.24) is 15.0 Å². The van der Waals surface area contributed by atoms with E-state index in [1.54, 1.807) is 35.7 Å². The molecule has 0 saturated carbocycles. The predicted molar refractivity (Wildman–Crippen MR) is 107 cm³/mol. The zero-order valence-electron chi connectivity index (χ0n) is 15.0. The van der Waals surface area contributed by atoms with E-state index in [1.807, 2.05) is 19.1 Å². The van der Waals surface area contributed by atoms with Crippen LogP contribution in [0.3, 0.4) is 0 Å². The van der Waals surface area contributed by atoms with Gasteiger partial charge in [0.05, 0.1) is 22.4 Å². The Balaban J connectivity index is 1.49. The topological polar surface area (TPSA) is 92.2 Å². The first-order chi connectivity index (χ1) is 13.2. The average Bonchev–Trinajstić information content (AvgIpc) is 3.30. The number of aryl methyl sites for hydroxylation is 1. The smallest absolute Gasteiger partial charge is 0.227 e. The van der Waals surface area contributed by atoms with Gasteiger partial charge in [-0.3, -0.25) is 0 Å². The van der Waals surface area contributed by atoms with E-state index in [4.69, 9.17) is 4.74 Å². The molecule has 0 bridgehead atoms. The number of hydrogen-bond donors (Lipinski definition) is 3. The first-order valence-electron chi connectivity index (χ1n) is 8.90. The number of benzene rings is 1. The van der Waals surface area contributed by atoms with Crippen LogP contribution in [0.5, 0.6) is 5.75 Å². The van der Waals surface area contributed by atoms with E-state index in [9.17, 15) is 5.11 Å². The van der Waals surface area contributed by atoms with Crippen LogP contribution in [-0.4, -0.2) is 39.3 Å². The number of ether oxygens (including phenoxy) is 1. The summed E-state index contributed by atoms with van der Waals surface area (Å²) in [5.41, 5.74) is 2.47. The van der Waals surface area contributed by atoms with Crippen LogP contribution in [0.25, 0.3) is 10.6 Å². The van der Waals surface area contributed by atoms with Gasteiger partial charge < -0.3 is 20.5 Å². The van der Waals surface area contributed by atoms with Crippen molar-refractivity contribution in [3.05, 3.63) is 42.2 Å². The largest absolute Gasteiger partial charge is 0.508 e. The van der Waals surface area contributed by atoms with Crippen LogP contribution in [0.4, 0.5) is 16.8 Å². The highest BCUT2D eigenvalue weighted by Crippen LogP contribution is 2.32. The van der Waals surface area contributed by atoms with Gasteiger partial charge in [0.2, 0.25) is 5.95 Å². The SMILES string of the molecule is Cc1nc(NCC2CCCO2)sc1-c1ccnc(Nc2cccc(O)c2)n1. The summed E-state index contributed by atoms with van der Waals surface area (Å²) in [5, 5.41) is 16.9. The number of aromatic hydroxyl groups is 1. The van der Waals surface area contributed by atoms with Crippen molar-refractivity contribution in [2.45, 2.75) is 25.9 Å². The molecule has 2 aromatic heterocycles. The third-order valence-electron chi connectivity index (χ3n) is 4.29. The van der Waals surface area contributed by atoms with E-state index in [-0.39, 0.29) is 11.9 Å². The number of aromatic nitrogens is 3. The minimum absolute atomic E-state index is 0.191. The molecule has 3 heterocycles. The van der Waals surface area contributed by atoms with Crippen molar-refractivity contribution in [1.29, 1.82) is 0 Å². The fourth-order valence-corrected chi connectivity index (χ4v) is 3.92. The normalized spacial score (nSPS) is 16.4. The molecule has 3 aromatic rings. The summed E-state index contributed by atoms with van der Waals surface area (Å²) in [4.78, 5) is 14.5. The zero-order valence-corrected chi connectivity index (χ0v) is 15.8. The number of thiazole rings is 1. The number of phenols is 1. The summed E-state index contributed by atoms with van der Waals surface area (Å²) >= 11 is 1.58. The molecule has 1 aliphatic rings. The number of anilines is 3. The first kappa shape index (κ1) is 17.7. The average molecular weight is 383 g/mol. The molecule has 7 nitrogen and oxygen atoms in total. The second-order valence-corrected chi connectivity index (χ2v) is 7.39. The van der Waals surface area contributed by atoms with Crippen LogP contribution in [-0.2, 0) is 4.74 Å². The fraction of sp³-hybridized carbons (Fsp3) is 0.316. The van der Waals surface area contributed by atoms with Gasteiger partial charge in [-0.05, 0) is 38.0 Å². The second-order valence-electron chi connectivity index (χ2n) is 6.39. The summed E-state index contributed by atoms with van der Waals surface area (Å²) in [6.07, 6.45) is 4.21. The number of phenolic OH excluding ortho intramolecular Hbond substituents is 1. The number of hydrogen-bond acceptors (Lipinski definition) is 8. The predicted octanol–water partition coefficient (Wildman–Crippen LogP) is 3.95. The highest BCUT2D eigenvalue weighted by molar-refractivity contribution is 7.19. The molecule has 1 aliphatic heterocycles. The lowest BCUT2D eigenvalue weighted by atomic mass is 10.2. The van der Waals surface area contributed by atoms with E-state index < -0.39 is 0 Å². The van der Waals surface area contributed by atoms with Crippen molar-refractivity contribution in [2.75, 3.05) is 23.8 Å².